The van der Waals surface area contributed by atoms with E-state index in [0.717, 1.165) is 27.6 Å². The largest absolute Gasteiger partial charge is 0.506 e. The molecule has 0 aliphatic carbocycles. The van der Waals surface area contributed by atoms with Crippen LogP contribution < -0.4 is 14.8 Å². The predicted octanol–water partition coefficient (Wildman–Crippen LogP) is 6.36. The average molecular weight is 1040 g/mol. The van der Waals surface area contributed by atoms with Gasteiger partial charge < -0.3 is 20.6 Å². The first-order valence-electron chi connectivity index (χ1n) is 21.0. The standard InChI is InChI=1S/C43H37Cl3N12O7S3/c44-27-4-9-34(40(59)16-27)52-50-32-12-7-30(19-38(32)56(50)52)67(62,63)48-14-15-66-24-25(21-47-23-26-2-1-3-37-43(26)58-54(55(37)58)36-11-6-29(46)18-42(36)61)22-49-68(64,65)31-8-13-33-39(20-31)57-51(33)53(57)35-10-5-28(45)17-41(35)60/h1-13,16-20,25,47-49,59-61H,14-15,21-24H2. The Morgan fingerprint density at radius 3 is 1.54 bits per heavy atom. The summed E-state index contributed by atoms with van der Waals surface area (Å²) in [7, 11) is -7.86. The van der Waals surface area contributed by atoms with E-state index in [0.29, 0.717) is 67.8 Å². The summed E-state index contributed by atoms with van der Waals surface area (Å²) in [6, 6.07) is 30.1. The quantitative estimate of drug-likeness (QED) is 0.0529. The smallest absolute Gasteiger partial charge is 0.240 e. The molecule has 1 unspecified atom stereocenters. The van der Waals surface area contributed by atoms with E-state index in [4.69, 9.17) is 34.8 Å². The van der Waals surface area contributed by atoms with Gasteiger partial charge in [-0.2, -0.15) is 11.8 Å². The molecule has 19 nitrogen and oxygen atoms in total. The van der Waals surface area contributed by atoms with Crippen LogP contribution in [0.15, 0.2) is 119 Å². The van der Waals surface area contributed by atoms with Gasteiger partial charge in [0.05, 0.1) is 9.79 Å². The first kappa shape index (κ1) is 43.2. The Hall–Kier alpha value is -6.08. The topological polar surface area (TPSA) is 206 Å². The second-order valence-electron chi connectivity index (χ2n) is 16.4. The van der Waals surface area contributed by atoms with Crippen molar-refractivity contribution in [2.45, 2.75) is 16.3 Å². The molecular formula is C43H37Cl3N12O7S3. The maximum Gasteiger partial charge on any atom is 0.240 e. The zero-order valence-corrected chi connectivity index (χ0v) is 39.8. The molecule has 6 heterocycles. The summed E-state index contributed by atoms with van der Waals surface area (Å²) in [6.07, 6.45) is 0. The molecule has 25 heteroatoms. The fraction of sp³-hybridized carbons (Fsp3) is 0.163. The Balaban J connectivity index is 0.722. The SMILES string of the molecule is O=S(=O)(NCCSCC(CNCc1cccc2c1n1n(-c3ccc(Cl)cc3O)n21)CNS(=O)(=O)c1ccc2c(c1)n1n(-c3ccc(Cl)cc3O)n21)c1ccc2c(c1)n1n(-c3ccc(Cl)cc3O)n21. The first-order chi connectivity index (χ1) is 32.7. The molecule has 0 fully saturated rings. The number of sulfonamides is 2. The lowest BCUT2D eigenvalue weighted by atomic mass is 10.1. The van der Waals surface area contributed by atoms with Crippen LogP contribution in [0.4, 0.5) is 0 Å². The van der Waals surface area contributed by atoms with Crippen LogP contribution in [-0.2, 0) is 26.6 Å². The van der Waals surface area contributed by atoms with Gasteiger partial charge in [0.1, 0.15) is 67.4 Å². The van der Waals surface area contributed by atoms with Gasteiger partial charge in [-0.1, -0.05) is 46.9 Å². The molecule has 68 heavy (non-hydrogen) atoms. The van der Waals surface area contributed by atoms with Gasteiger partial charge in [0, 0.05) is 65.2 Å². The van der Waals surface area contributed by atoms with Crippen LogP contribution >= 0.6 is 46.6 Å². The van der Waals surface area contributed by atoms with E-state index in [1.54, 1.807) is 94.8 Å². The van der Waals surface area contributed by atoms with E-state index in [1.165, 1.54) is 36.0 Å². The van der Waals surface area contributed by atoms with Crippen LogP contribution in [0.2, 0.25) is 15.1 Å². The van der Waals surface area contributed by atoms with Gasteiger partial charge in [0.2, 0.25) is 20.0 Å². The lowest BCUT2D eigenvalue weighted by Crippen LogP contribution is -2.36. The zero-order chi connectivity index (χ0) is 47.0. The maximum atomic E-state index is 13.8. The summed E-state index contributed by atoms with van der Waals surface area (Å²) in [4.78, 5) is 5.44. The monoisotopic (exact) mass is 1030 g/mol. The molecule has 6 aromatic heterocycles. The summed E-state index contributed by atoms with van der Waals surface area (Å²) >= 11 is 19.6. The minimum absolute atomic E-state index is 0.00966. The number of rotatable bonds is 18. The van der Waals surface area contributed by atoms with Crippen molar-refractivity contribution in [3.63, 3.8) is 0 Å². The summed E-state index contributed by atoms with van der Waals surface area (Å²) in [5, 5.41) is 36.2. The summed E-state index contributed by atoms with van der Waals surface area (Å²) in [5.74, 6) is 0.721. The molecule has 0 radical (unpaired) electrons. The number of fused-ring (bicyclic) bond motifs is 12. The fourth-order valence-electron chi connectivity index (χ4n) is 8.67. The maximum absolute atomic E-state index is 13.8. The van der Waals surface area contributed by atoms with Gasteiger partial charge >= 0.3 is 0 Å². The molecule has 12 rings (SSSR count). The number of thioether (sulfide) groups is 1. The van der Waals surface area contributed by atoms with E-state index in [1.807, 2.05) is 32.3 Å². The average Bonchev–Trinajstić information content (AvgIpc) is 4.23. The van der Waals surface area contributed by atoms with Crippen LogP contribution in [0.1, 0.15) is 5.56 Å². The number of hydrogen-bond acceptors (Lipinski definition) is 9. The third kappa shape index (κ3) is 7.04. The third-order valence-electron chi connectivity index (χ3n) is 12.1. The number of hydrogen-bond donors (Lipinski definition) is 6. The number of benzene rings is 6. The highest BCUT2D eigenvalue weighted by atomic mass is 35.5. The van der Waals surface area contributed by atoms with Crippen molar-refractivity contribution in [3.05, 3.63) is 130 Å². The number of para-hydroxylation sites is 1. The molecule has 0 bridgehead atoms. The number of halogens is 3. The van der Waals surface area contributed by atoms with Crippen molar-refractivity contribution in [1.82, 2.24) is 56.9 Å². The van der Waals surface area contributed by atoms with Gasteiger partial charge in [-0.05, 0) is 96.1 Å². The molecule has 0 saturated heterocycles. The predicted molar refractivity (Wildman–Crippen MR) is 260 cm³/mol. The number of phenols is 3. The molecule has 0 aliphatic rings. The van der Waals surface area contributed by atoms with E-state index >= 15 is 0 Å². The normalized spacial score (nSPS) is 13.6. The van der Waals surface area contributed by atoms with Crippen LogP contribution in [-0.4, -0.2) is 105 Å². The second-order valence-corrected chi connectivity index (χ2v) is 22.4. The minimum atomic E-state index is -3.98. The molecule has 0 amide bonds. The van der Waals surface area contributed by atoms with E-state index in [2.05, 4.69) is 14.8 Å². The number of aromatic hydroxyl groups is 3. The van der Waals surface area contributed by atoms with Gasteiger partial charge in [0.15, 0.2) is 0 Å². The second kappa shape index (κ2) is 15.7. The highest BCUT2D eigenvalue weighted by molar-refractivity contribution is 7.99. The molecule has 350 valence electrons. The number of aromatic nitrogens is 9. The van der Waals surface area contributed by atoms with Crippen molar-refractivity contribution in [3.8, 4) is 34.3 Å². The fourth-order valence-corrected chi connectivity index (χ4v) is 12.5. The number of phenolic OH excluding ortho intramolecular Hbond substituents is 3. The van der Waals surface area contributed by atoms with E-state index in [9.17, 15) is 32.2 Å². The van der Waals surface area contributed by atoms with Crippen molar-refractivity contribution < 1.29 is 32.2 Å². The minimum Gasteiger partial charge on any atom is -0.506 e. The van der Waals surface area contributed by atoms with Gasteiger partial charge in [-0.25, -0.2) is 26.3 Å². The van der Waals surface area contributed by atoms with Crippen molar-refractivity contribution in [2.75, 3.05) is 31.1 Å². The van der Waals surface area contributed by atoms with Crippen LogP contribution in [0.25, 0.3) is 50.2 Å². The summed E-state index contributed by atoms with van der Waals surface area (Å²) < 4.78 is 71.0. The Morgan fingerprint density at radius 1 is 0.529 bits per heavy atom. The lowest BCUT2D eigenvalue weighted by molar-refractivity contribution is 0.471. The zero-order valence-electron chi connectivity index (χ0n) is 35.1. The van der Waals surface area contributed by atoms with Gasteiger partial charge in [-0.3, -0.25) is 0 Å². The molecule has 12 aromatic rings. The summed E-state index contributed by atoms with van der Waals surface area (Å²) in [6.45, 7) is 1.12. The first-order valence-corrected chi connectivity index (χ1v) is 26.3. The highest BCUT2D eigenvalue weighted by Crippen LogP contribution is 2.36. The third-order valence-corrected chi connectivity index (χ3v) is 16.9. The van der Waals surface area contributed by atoms with E-state index in [-0.39, 0.29) is 46.0 Å². The molecule has 6 N–H and O–H groups in total. The highest BCUT2D eigenvalue weighted by Gasteiger charge is 2.31. The van der Waals surface area contributed by atoms with Crippen molar-refractivity contribution in [2.24, 2.45) is 5.92 Å². The molecule has 0 spiro atoms. The Morgan fingerprint density at radius 2 is 1.01 bits per heavy atom. The number of nitrogens with one attached hydrogen (secondary N) is 3. The van der Waals surface area contributed by atoms with Crippen LogP contribution in [0.5, 0.6) is 17.2 Å². The Labute approximate surface area is 403 Å². The number of nitrogens with zero attached hydrogens (tertiary/aromatic N) is 9. The molecular weight excluding hydrogens is 999 g/mol. The van der Waals surface area contributed by atoms with Crippen molar-refractivity contribution in [1.29, 1.82) is 0 Å². The Kier molecular flexibility index (Phi) is 10.00. The molecule has 0 saturated carbocycles. The summed E-state index contributed by atoms with van der Waals surface area (Å²) in [5.41, 5.74) is 7.41. The molecule has 1 atom stereocenters. The lowest BCUT2D eigenvalue weighted by Gasteiger charge is -2.19. The van der Waals surface area contributed by atoms with Gasteiger partial charge in [-0.15, -0.1) is 42.2 Å². The van der Waals surface area contributed by atoms with E-state index < -0.39 is 20.0 Å². The Bertz CT molecular complexity index is 4090. The molecule has 0 aliphatic heterocycles. The van der Waals surface area contributed by atoms with Crippen LogP contribution in [0.3, 0.4) is 0 Å². The molecule has 6 aromatic carbocycles. The van der Waals surface area contributed by atoms with Crippen LogP contribution in [0, 0.1) is 5.92 Å². The van der Waals surface area contributed by atoms with Gasteiger partial charge in [0.25, 0.3) is 0 Å². The van der Waals surface area contributed by atoms with Crippen molar-refractivity contribution >= 4 is 99.7 Å².